The molecule has 2 aromatic carbocycles. The van der Waals surface area contributed by atoms with Gasteiger partial charge in [-0.25, -0.2) is 15.0 Å². The number of nitrogens with zero attached hydrogens (tertiary/aromatic N) is 4. The molecule has 0 bridgehead atoms. The molecule has 0 aliphatic rings. The van der Waals surface area contributed by atoms with Crippen molar-refractivity contribution in [3.63, 3.8) is 0 Å². The fourth-order valence-electron chi connectivity index (χ4n) is 3.72. The summed E-state index contributed by atoms with van der Waals surface area (Å²) in [6.45, 7) is 1.23. The Kier molecular flexibility index (Phi) is 5.66. The van der Waals surface area contributed by atoms with E-state index in [1.165, 1.54) is 4.88 Å². The summed E-state index contributed by atoms with van der Waals surface area (Å²) in [4.78, 5) is 16.4. The summed E-state index contributed by atoms with van der Waals surface area (Å²) in [6.07, 6.45) is 3.70. The standard InChI is InChI=1S/C25H23N5OS/c1-30-15-19(27-16-30)23-28-24(26-13-14-31-2)21-20(17-9-5-3-6-10-17)22(32-25(21)29-23)18-11-7-4-8-12-18/h3-12,15-16H,13-14H2,1-2H3,(H,26,28,29). The zero-order valence-electron chi connectivity index (χ0n) is 17.9. The van der Waals surface area contributed by atoms with E-state index in [-0.39, 0.29) is 0 Å². The van der Waals surface area contributed by atoms with Crippen molar-refractivity contribution in [1.29, 1.82) is 0 Å². The number of aryl methyl sites for hydroxylation is 1. The minimum atomic E-state index is 0.584. The first-order valence-electron chi connectivity index (χ1n) is 10.4. The lowest BCUT2D eigenvalue weighted by molar-refractivity contribution is 0.210. The summed E-state index contributed by atoms with van der Waals surface area (Å²) in [5, 5.41) is 4.50. The van der Waals surface area contributed by atoms with Crippen LogP contribution >= 0.6 is 11.3 Å². The average Bonchev–Trinajstić information content (AvgIpc) is 3.44. The molecule has 0 amide bonds. The highest BCUT2D eigenvalue weighted by Gasteiger charge is 2.22. The van der Waals surface area contributed by atoms with Crippen LogP contribution in [-0.4, -0.2) is 39.8 Å². The van der Waals surface area contributed by atoms with Gasteiger partial charge in [-0.3, -0.25) is 0 Å². The van der Waals surface area contributed by atoms with E-state index >= 15 is 0 Å². The molecule has 7 heteroatoms. The molecule has 0 aliphatic carbocycles. The van der Waals surface area contributed by atoms with Gasteiger partial charge in [0.25, 0.3) is 0 Å². The fraction of sp³-hybridized carbons (Fsp3) is 0.160. The van der Waals surface area contributed by atoms with Crippen LogP contribution in [0.1, 0.15) is 0 Å². The Balaban J connectivity index is 1.79. The van der Waals surface area contributed by atoms with Crippen LogP contribution in [-0.2, 0) is 11.8 Å². The maximum atomic E-state index is 5.26. The fourth-order valence-corrected chi connectivity index (χ4v) is 4.92. The van der Waals surface area contributed by atoms with Crippen LogP contribution in [0.2, 0.25) is 0 Å². The normalized spacial score (nSPS) is 11.2. The Morgan fingerprint density at radius 3 is 2.34 bits per heavy atom. The largest absolute Gasteiger partial charge is 0.383 e. The number of rotatable bonds is 7. The maximum Gasteiger partial charge on any atom is 0.183 e. The molecule has 5 aromatic rings. The summed E-state index contributed by atoms with van der Waals surface area (Å²) in [5.74, 6) is 1.41. The van der Waals surface area contributed by atoms with Crippen LogP contribution in [0.5, 0.6) is 0 Å². The highest BCUT2D eigenvalue weighted by Crippen LogP contribution is 2.46. The van der Waals surface area contributed by atoms with Crippen molar-refractivity contribution in [2.45, 2.75) is 0 Å². The number of hydrogen-bond donors (Lipinski definition) is 1. The van der Waals surface area contributed by atoms with E-state index in [9.17, 15) is 0 Å². The first-order chi connectivity index (χ1) is 15.7. The van der Waals surface area contributed by atoms with Crippen molar-refractivity contribution in [2.24, 2.45) is 7.05 Å². The quantitative estimate of drug-likeness (QED) is 0.339. The van der Waals surface area contributed by atoms with Crippen LogP contribution in [0, 0.1) is 0 Å². The van der Waals surface area contributed by atoms with E-state index in [0.29, 0.717) is 19.0 Å². The number of ether oxygens (including phenoxy) is 1. The Bertz CT molecular complexity index is 1350. The van der Waals surface area contributed by atoms with Gasteiger partial charge < -0.3 is 14.6 Å². The highest BCUT2D eigenvalue weighted by atomic mass is 32.1. The van der Waals surface area contributed by atoms with Crippen molar-refractivity contribution in [3.8, 4) is 33.1 Å². The van der Waals surface area contributed by atoms with Gasteiger partial charge in [-0.2, -0.15) is 0 Å². The molecule has 0 saturated carbocycles. The Labute approximate surface area is 190 Å². The smallest absolute Gasteiger partial charge is 0.183 e. The lowest BCUT2D eigenvalue weighted by Crippen LogP contribution is -2.10. The molecule has 3 heterocycles. The third-order valence-electron chi connectivity index (χ3n) is 5.18. The van der Waals surface area contributed by atoms with Gasteiger partial charge in [0.05, 0.1) is 18.3 Å². The molecular formula is C25H23N5OS. The molecule has 0 radical (unpaired) electrons. The first kappa shape index (κ1) is 20.4. The highest BCUT2D eigenvalue weighted by molar-refractivity contribution is 7.22. The number of imidazole rings is 1. The molecule has 6 nitrogen and oxygen atoms in total. The molecule has 0 aliphatic heterocycles. The topological polar surface area (TPSA) is 64.9 Å². The predicted molar refractivity (Wildman–Crippen MR) is 131 cm³/mol. The SMILES string of the molecule is COCCNc1nc(-c2cn(C)cn2)nc2sc(-c3ccccc3)c(-c3ccccc3)c12. The summed E-state index contributed by atoms with van der Waals surface area (Å²) >= 11 is 1.68. The van der Waals surface area contributed by atoms with Gasteiger partial charge in [-0.1, -0.05) is 60.7 Å². The van der Waals surface area contributed by atoms with E-state index < -0.39 is 0 Å². The lowest BCUT2D eigenvalue weighted by atomic mass is 9.99. The van der Waals surface area contributed by atoms with Crippen LogP contribution in [0.25, 0.3) is 43.3 Å². The number of aromatic nitrogens is 4. The molecule has 5 rings (SSSR count). The van der Waals surface area contributed by atoms with E-state index in [4.69, 9.17) is 14.7 Å². The Morgan fingerprint density at radius 1 is 0.969 bits per heavy atom. The second kappa shape index (κ2) is 8.90. The summed E-state index contributed by atoms with van der Waals surface area (Å²) in [6, 6.07) is 20.9. The number of methoxy groups -OCH3 is 1. The monoisotopic (exact) mass is 441 g/mol. The molecular weight excluding hydrogens is 418 g/mol. The number of hydrogen-bond acceptors (Lipinski definition) is 6. The van der Waals surface area contributed by atoms with Gasteiger partial charge in [0, 0.05) is 37.3 Å². The van der Waals surface area contributed by atoms with Crippen molar-refractivity contribution in [1.82, 2.24) is 19.5 Å². The van der Waals surface area contributed by atoms with E-state index in [1.54, 1.807) is 24.8 Å². The molecule has 0 saturated heterocycles. The summed E-state index contributed by atoms with van der Waals surface area (Å²) in [7, 11) is 3.64. The van der Waals surface area contributed by atoms with Crippen LogP contribution < -0.4 is 5.32 Å². The molecule has 3 aromatic heterocycles. The number of thiophene rings is 1. The molecule has 0 unspecified atom stereocenters. The lowest BCUT2D eigenvalue weighted by Gasteiger charge is -2.11. The van der Waals surface area contributed by atoms with E-state index in [2.05, 4.69) is 58.8 Å². The van der Waals surface area contributed by atoms with Crippen LogP contribution in [0.15, 0.2) is 73.2 Å². The van der Waals surface area contributed by atoms with Crippen molar-refractivity contribution < 1.29 is 4.74 Å². The second-order valence-corrected chi connectivity index (χ2v) is 8.46. The Hall–Kier alpha value is -3.55. The molecule has 1 N–H and O–H groups in total. The third-order valence-corrected chi connectivity index (χ3v) is 6.32. The number of nitrogens with one attached hydrogen (secondary N) is 1. The maximum absolute atomic E-state index is 5.26. The molecule has 32 heavy (non-hydrogen) atoms. The molecule has 160 valence electrons. The minimum absolute atomic E-state index is 0.584. The van der Waals surface area contributed by atoms with Gasteiger partial charge in [0.1, 0.15) is 16.3 Å². The zero-order valence-corrected chi connectivity index (χ0v) is 18.8. The summed E-state index contributed by atoms with van der Waals surface area (Å²) < 4.78 is 7.17. The minimum Gasteiger partial charge on any atom is -0.383 e. The van der Waals surface area contributed by atoms with Crippen molar-refractivity contribution in [3.05, 3.63) is 73.2 Å². The first-order valence-corrected chi connectivity index (χ1v) is 11.2. The second-order valence-electron chi connectivity index (χ2n) is 7.46. The van der Waals surface area contributed by atoms with Gasteiger partial charge in [-0.15, -0.1) is 11.3 Å². The number of anilines is 1. The van der Waals surface area contributed by atoms with Crippen LogP contribution in [0.3, 0.4) is 0 Å². The van der Waals surface area contributed by atoms with Crippen molar-refractivity contribution >= 4 is 27.4 Å². The van der Waals surface area contributed by atoms with Gasteiger partial charge in [0.2, 0.25) is 0 Å². The number of fused-ring (bicyclic) bond motifs is 1. The molecule has 0 spiro atoms. The Morgan fingerprint density at radius 2 is 1.69 bits per heavy atom. The van der Waals surface area contributed by atoms with Crippen molar-refractivity contribution in [2.75, 3.05) is 25.6 Å². The van der Waals surface area contributed by atoms with E-state index in [1.807, 2.05) is 29.9 Å². The zero-order chi connectivity index (χ0) is 21.9. The van der Waals surface area contributed by atoms with Gasteiger partial charge in [0.15, 0.2) is 5.82 Å². The van der Waals surface area contributed by atoms with Gasteiger partial charge >= 0.3 is 0 Å². The third kappa shape index (κ3) is 3.88. The molecule has 0 fully saturated rings. The predicted octanol–water partition coefficient (Wildman–Crippen LogP) is 5.48. The number of benzene rings is 2. The molecule has 0 atom stereocenters. The van der Waals surface area contributed by atoms with E-state index in [0.717, 1.165) is 38.4 Å². The average molecular weight is 442 g/mol. The summed E-state index contributed by atoms with van der Waals surface area (Å²) in [5.41, 5.74) is 4.20. The van der Waals surface area contributed by atoms with Gasteiger partial charge in [-0.05, 0) is 11.1 Å². The van der Waals surface area contributed by atoms with Crippen LogP contribution in [0.4, 0.5) is 5.82 Å².